The average molecular weight is 278 g/mol. The monoisotopic (exact) mass is 277 g/mol. The second-order valence-corrected chi connectivity index (χ2v) is 5.35. The summed E-state index contributed by atoms with van der Waals surface area (Å²) >= 11 is 5.99. The third-order valence-corrected chi connectivity index (χ3v) is 3.64. The van der Waals surface area contributed by atoms with Crippen molar-refractivity contribution in [2.24, 2.45) is 0 Å². The number of aryl methyl sites for hydroxylation is 2. The number of hydrogen-bond acceptors (Lipinski definition) is 4. The Morgan fingerprint density at radius 1 is 1.37 bits per heavy atom. The molecule has 0 unspecified atom stereocenters. The van der Waals surface area contributed by atoms with E-state index in [0.717, 1.165) is 23.5 Å². The zero-order valence-corrected chi connectivity index (χ0v) is 11.8. The van der Waals surface area contributed by atoms with Crippen molar-refractivity contribution in [3.05, 3.63) is 34.4 Å². The first-order chi connectivity index (χ1) is 9.13. The van der Waals surface area contributed by atoms with Crippen molar-refractivity contribution in [1.29, 1.82) is 0 Å². The lowest BCUT2D eigenvalue weighted by molar-refractivity contribution is 0.675. The normalized spacial score (nSPS) is 14.9. The van der Waals surface area contributed by atoms with E-state index in [4.69, 9.17) is 11.6 Å². The lowest BCUT2D eigenvalue weighted by Gasteiger charge is -2.07. The molecule has 1 saturated carbocycles. The molecular weight excluding hydrogens is 262 g/mol. The highest BCUT2D eigenvalue weighted by atomic mass is 35.5. The van der Waals surface area contributed by atoms with Gasteiger partial charge in [0.15, 0.2) is 0 Å². The number of hydrogen-bond donors (Lipinski definition) is 1. The quantitative estimate of drug-likeness (QED) is 0.931. The molecule has 0 saturated heterocycles. The van der Waals surface area contributed by atoms with Crippen LogP contribution in [0, 0.1) is 13.8 Å². The molecule has 2 aromatic heterocycles. The van der Waals surface area contributed by atoms with Crippen molar-refractivity contribution in [2.45, 2.75) is 39.3 Å². The zero-order chi connectivity index (χ0) is 13.4. The molecule has 2 heterocycles. The van der Waals surface area contributed by atoms with Crippen LogP contribution >= 0.6 is 11.6 Å². The van der Waals surface area contributed by atoms with Crippen molar-refractivity contribution in [1.82, 2.24) is 25.1 Å². The van der Waals surface area contributed by atoms with Crippen LogP contribution in [0.2, 0.25) is 5.02 Å². The maximum Gasteiger partial charge on any atom is 0.250 e. The molecule has 5 nitrogen and oxygen atoms in total. The average Bonchev–Trinajstić information content (AvgIpc) is 3.14. The summed E-state index contributed by atoms with van der Waals surface area (Å²) < 4.78 is 1.61. The first-order valence-electron chi connectivity index (χ1n) is 6.41. The molecule has 1 aliphatic carbocycles. The van der Waals surface area contributed by atoms with Gasteiger partial charge in [0, 0.05) is 30.0 Å². The Morgan fingerprint density at radius 2 is 2.16 bits per heavy atom. The largest absolute Gasteiger partial charge is 0.310 e. The highest BCUT2D eigenvalue weighted by molar-refractivity contribution is 6.31. The molecule has 1 N–H and O–H groups in total. The van der Waals surface area contributed by atoms with E-state index in [0.29, 0.717) is 17.0 Å². The minimum Gasteiger partial charge on any atom is -0.310 e. The van der Waals surface area contributed by atoms with Crippen molar-refractivity contribution in [3.8, 4) is 5.95 Å². The highest BCUT2D eigenvalue weighted by Crippen LogP contribution is 2.20. The van der Waals surface area contributed by atoms with Crippen LogP contribution in [-0.4, -0.2) is 25.8 Å². The molecule has 0 amide bonds. The van der Waals surface area contributed by atoms with E-state index < -0.39 is 0 Å². The fraction of sp³-hybridized carbons (Fsp3) is 0.462. The number of nitrogens with one attached hydrogen (secondary N) is 1. The van der Waals surface area contributed by atoms with E-state index >= 15 is 0 Å². The second kappa shape index (κ2) is 4.90. The number of nitrogens with zero attached hydrogens (tertiary/aromatic N) is 4. The molecule has 6 heteroatoms. The second-order valence-electron chi connectivity index (χ2n) is 4.94. The fourth-order valence-electron chi connectivity index (χ4n) is 1.85. The molecule has 0 aliphatic heterocycles. The van der Waals surface area contributed by atoms with Crippen LogP contribution in [0.5, 0.6) is 0 Å². The molecule has 0 aromatic carbocycles. The van der Waals surface area contributed by atoms with Gasteiger partial charge >= 0.3 is 0 Å². The molecule has 0 bridgehead atoms. The SMILES string of the molecule is Cc1nn(-c2ncc(CNC3CC3)c(C)n2)cc1Cl. The summed E-state index contributed by atoms with van der Waals surface area (Å²) in [5, 5.41) is 8.37. The summed E-state index contributed by atoms with van der Waals surface area (Å²) in [6.45, 7) is 4.68. The van der Waals surface area contributed by atoms with E-state index in [9.17, 15) is 0 Å². The topological polar surface area (TPSA) is 55.6 Å². The van der Waals surface area contributed by atoms with E-state index in [1.54, 1.807) is 10.9 Å². The summed E-state index contributed by atoms with van der Waals surface area (Å²) in [6, 6.07) is 0.687. The molecule has 3 rings (SSSR count). The molecule has 0 atom stereocenters. The van der Waals surface area contributed by atoms with Crippen molar-refractivity contribution in [3.63, 3.8) is 0 Å². The maximum absolute atomic E-state index is 5.99. The van der Waals surface area contributed by atoms with Gasteiger partial charge in [0.2, 0.25) is 0 Å². The Morgan fingerprint density at radius 3 is 2.74 bits per heavy atom. The smallest absolute Gasteiger partial charge is 0.250 e. The summed E-state index contributed by atoms with van der Waals surface area (Å²) in [6.07, 6.45) is 6.15. The Hall–Kier alpha value is -1.46. The van der Waals surface area contributed by atoms with Gasteiger partial charge < -0.3 is 5.32 Å². The third kappa shape index (κ3) is 2.77. The summed E-state index contributed by atoms with van der Waals surface area (Å²) in [5.74, 6) is 0.558. The number of rotatable bonds is 4. The minimum atomic E-state index is 0.558. The predicted octanol–water partition coefficient (Wildman–Crippen LogP) is 2.18. The Labute approximate surface area is 117 Å². The first-order valence-corrected chi connectivity index (χ1v) is 6.79. The molecule has 0 spiro atoms. The van der Waals surface area contributed by atoms with Gasteiger partial charge in [0.05, 0.1) is 16.9 Å². The Balaban J connectivity index is 1.81. The molecular formula is C13H16ClN5. The van der Waals surface area contributed by atoms with Crippen molar-refractivity contribution >= 4 is 11.6 Å². The standard InChI is InChI=1S/C13H16ClN5/c1-8-10(5-15-11-3-4-11)6-16-13(17-8)19-7-12(14)9(2)18-19/h6-7,11,15H,3-5H2,1-2H3. The van der Waals surface area contributed by atoms with Gasteiger partial charge in [0.25, 0.3) is 5.95 Å². The number of aromatic nitrogens is 4. The van der Waals surface area contributed by atoms with E-state index in [2.05, 4.69) is 20.4 Å². The van der Waals surface area contributed by atoms with Gasteiger partial charge in [-0.1, -0.05) is 11.6 Å². The van der Waals surface area contributed by atoms with E-state index in [1.807, 2.05) is 20.0 Å². The van der Waals surface area contributed by atoms with Crippen molar-refractivity contribution < 1.29 is 0 Å². The van der Waals surface area contributed by atoms with Gasteiger partial charge in [-0.3, -0.25) is 0 Å². The van der Waals surface area contributed by atoms with Crippen LogP contribution < -0.4 is 5.32 Å². The van der Waals surface area contributed by atoms with Gasteiger partial charge in [-0.2, -0.15) is 5.10 Å². The summed E-state index contributed by atoms with van der Waals surface area (Å²) in [4.78, 5) is 8.84. The van der Waals surface area contributed by atoms with Gasteiger partial charge in [0.1, 0.15) is 0 Å². The van der Waals surface area contributed by atoms with Gasteiger partial charge in [-0.25, -0.2) is 14.6 Å². The van der Waals surface area contributed by atoms with Crippen LogP contribution in [0.25, 0.3) is 5.95 Å². The van der Waals surface area contributed by atoms with E-state index in [1.165, 1.54) is 12.8 Å². The first kappa shape index (κ1) is 12.6. The highest BCUT2D eigenvalue weighted by Gasteiger charge is 2.20. The summed E-state index contributed by atoms with van der Waals surface area (Å²) in [7, 11) is 0. The Bertz CT molecular complexity index is 584. The third-order valence-electron chi connectivity index (χ3n) is 3.27. The maximum atomic E-state index is 5.99. The van der Waals surface area contributed by atoms with Gasteiger partial charge in [-0.05, 0) is 26.7 Å². The molecule has 2 aromatic rings. The van der Waals surface area contributed by atoms with Crippen LogP contribution in [0.15, 0.2) is 12.4 Å². The molecule has 100 valence electrons. The van der Waals surface area contributed by atoms with E-state index in [-0.39, 0.29) is 0 Å². The minimum absolute atomic E-state index is 0.558. The van der Waals surface area contributed by atoms with Crippen molar-refractivity contribution in [2.75, 3.05) is 0 Å². The fourth-order valence-corrected chi connectivity index (χ4v) is 1.98. The molecule has 0 radical (unpaired) electrons. The molecule has 19 heavy (non-hydrogen) atoms. The Kier molecular flexibility index (Phi) is 3.24. The predicted molar refractivity (Wildman–Crippen MR) is 73.5 cm³/mol. The lowest BCUT2D eigenvalue weighted by Crippen LogP contribution is -2.17. The van der Waals surface area contributed by atoms with Crippen LogP contribution in [0.3, 0.4) is 0 Å². The van der Waals surface area contributed by atoms with Gasteiger partial charge in [-0.15, -0.1) is 0 Å². The number of halogens is 1. The lowest BCUT2D eigenvalue weighted by atomic mass is 10.2. The van der Waals surface area contributed by atoms with Crippen LogP contribution in [0.4, 0.5) is 0 Å². The summed E-state index contributed by atoms with van der Waals surface area (Å²) in [5.41, 5.74) is 2.88. The van der Waals surface area contributed by atoms with Crippen LogP contribution in [0.1, 0.15) is 29.8 Å². The van der Waals surface area contributed by atoms with Crippen LogP contribution in [-0.2, 0) is 6.54 Å². The molecule has 1 fully saturated rings. The molecule has 1 aliphatic rings. The zero-order valence-electron chi connectivity index (χ0n) is 11.0.